The molecule has 2 aliphatic heterocycles. The van der Waals surface area contributed by atoms with E-state index in [9.17, 15) is 4.79 Å². The molecule has 0 saturated carbocycles. The summed E-state index contributed by atoms with van der Waals surface area (Å²) < 4.78 is 0. The average Bonchev–Trinajstić information content (AvgIpc) is 3.10. The van der Waals surface area contributed by atoms with Gasteiger partial charge in [-0.1, -0.05) is 84.9 Å². The Morgan fingerprint density at radius 1 is 0.523 bits per heavy atom. The number of nitrogens with two attached hydrogens (primary N) is 1. The van der Waals surface area contributed by atoms with Crippen molar-refractivity contribution in [2.24, 2.45) is 5.73 Å². The van der Waals surface area contributed by atoms with Crippen molar-refractivity contribution >= 4 is 17.8 Å². The fourth-order valence-electron chi connectivity index (χ4n) is 5.83. The van der Waals surface area contributed by atoms with E-state index in [0.29, 0.717) is 13.1 Å². The van der Waals surface area contributed by atoms with E-state index in [1.54, 1.807) is 0 Å². The van der Waals surface area contributed by atoms with Gasteiger partial charge in [0.1, 0.15) is 0 Å². The molecule has 2 saturated heterocycles. The molecular weight excluding hydrogens is 544 g/mol. The lowest BCUT2D eigenvalue weighted by Gasteiger charge is -2.36. The number of nitrogens with zero attached hydrogens (tertiary/aromatic N) is 4. The molecule has 7 nitrogen and oxygen atoms in total. The Bertz CT molecular complexity index is 1370. The van der Waals surface area contributed by atoms with Gasteiger partial charge >= 0.3 is 0 Å². The summed E-state index contributed by atoms with van der Waals surface area (Å²) in [4.78, 5) is 20.3. The second-order valence-corrected chi connectivity index (χ2v) is 11.5. The summed E-state index contributed by atoms with van der Waals surface area (Å²) in [5, 5.41) is 2.69. The lowest BCUT2D eigenvalue weighted by molar-refractivity contribution is -0.109. The van der Waals surface area contributed by atoms with Crippen molar-refractivity contribution in [2.45, 2.75) is 26.2 Å². The van der Waals surface area contributed by atoms with Gasteiger partial charge in [-0.25, -0.2) is 0 Å². The van der Waals surface area contributed by atoms with Crippen molar-refractivity contribution < 1.29 is 4.79 Å². The van der Waals surface area contributed by atoms with E-state index in [0.717, 1.165) is 77.4 Å². The normalized spacial score (nSPS) is 15.8. The number of para-hydroxylation sites is 2. The number of anilines is 2. The molecule has 44 heavy (non-hydrogen) atoms. The molecule has 4 aromatic rings. The minimum absolute atomic E-state index is 0.597. The third kappa shape index (κ3) is 9.41. The van der Waals surface area contributed by atoms with Crippen molar-refractivity contribution in [3.63, 3.8) is 0 Å². The van der Waals surface area contributed by atoms with Crippen molar-refractivity contribution in [1.82, 2.24) is 15.1 Å². The average molecular weight is 591 g/mol. The molecule has 4 aromatic carbocycles. The minimum Gasteiger partial charge on any atom is -0.369 e. The SMILES string of the molecule is NCc1ccc(CN2CCN(c3ccccc3)CC2)cc1.O=CNCc1ccc(CN2CCN(c3ccccc3)CC2)cc1. The van der Waals surface area contributed by atoms with Crippen molar-refractivity contribution in [3.8, 4) is 0 Å². The molecule has 0 radical (unpaired) electrons. The summed E-state index contributed by atoms with van der Waals surface area (Å²) in [6.07, 6.45) is 0.736. The maximum atomic E-state index is 10.3. The Hall–Kier alpha value is -4.17. The van der Waals surface area contributed by atoms with E-state index >= 15 is 0 Å². The zero-order valence-electron chi connectivity index (χ0n) is 25.7. The first-order valence-electron chi connectivity index (χ1n) is 15.8. The van der Waals surface area contributed by atoms with Crippen LogP contribution in [-0.4, -0.2) is 68.6 Å². The molecule has 7 heteroatoms. The summed E-state index contributed by atoms with van der Waals surface area (Å²) in [6.45, 7) is 12.0. The highest BCUT2D eigenvalue weighted by Gasteiger charge is 2.18. The van der Waals surface area contributed by atoms with Crippen LogP contribution < -0.4 is 20.9 Å². The van der Waals surface area contributed by atoms with Crippen molar-refractivity contribution in [3.05, 3.63) is 131 Å². The van der Waals surface area contributed by atoms with Gasteiger partial charge in [0.25, 0.3) is 0 Å². The number of nitrogens with one attached hydrogen (secondary N) is 1. The summed E-state index contributed by atoms with van der Waals surface area (Å²) in [5.74, 6) is 0. The fourth-order valence-corrected chi connectivity index (χ4v) is 5.83. The summed E-state index contributed by atoms with van der Waals surface area (Å²) in [6, 6.07) is 38.5. The number of piperazine rings is 2. The van der Waals surface area contributed by atoms with Gasteiger partial charge in [-0.15, -0.1) is 0 Å². The van der Waals surface area contributed by atoms with Crippen LogP contribution in [0.5, 0.6) is 0 Å². The number of carbonyl (C=O) groups is 1. The van der Waals surface area contributed by atoms with Gasteiger partial charge in [0.2, 0.25) is 6.41 Å². The molecule has 2 heterocycles. The molecule has 1 amide bonds. The van der Waals surface area contributed by atoms with Gasteiger partial charge in [-0.2, -0.15) is 0 Å². The standard InChI is InChI=1S/C19H23N3O.C18H23N3/c23-16-20-14-17-6-8-18(9-7-17)15-21-10-12-22(13-11-21)19-4-2-1-3-5-19;19-14-16-6-8-17(9-7-16)15-20-10-12-21(13-11-20)18-4-2-1-3-5-18/h1-9,16H,10-15H2,(H,20,23);1-9H,10-15,19H2. The largest absolute Gasteiger partial charge is 0.369 e. The van der Waals surface area contributed by atoms with Gasteiger partial charge in [0.05, 0.1) is 0 Å². The Morgan fingerprint density at radius 2 is 0.909 bits per heavy atom. The molecular formula is C37H46N6O. The zero-order chi connectivity index (χ0) is 30.4. The highest BCUT2D eigenvalue weighted by Crippen LogP contribution is 2.18. The lowest BCUT2D eigenvalue weighted by Crippen LogP contribution is -2.45. The number of benzene rings is 4. The Labute approximate surface area is 262 Å². The fraction of sp³-hybridized carbons (Fsp3) is 0.324. The summed E-state index contributed by atoms with van der Waals surface area (Å²) in [7, 11) is 0. The molecule has 0 aromatic heterocycles. The Morgan fingerprint density at radius 3 is 1.30 bits per heavy atom. The smallest absolute Gasteiger partial charge is 0.207 e. The molecule has 0 spiro atoms. The first-order chi connectivity index (χ1) is 21.7. The van der Waals surface area contributed by atoms with Gasteiger partial charge in [0, 0.05) is 89.9 Å². The predicted octanol–water partition coefficient (Wildman–Crippen LogP) is 4.72. The Kier molecular flexibility index (Phi) is 11.8. The van der Waals surface area contributed by atoms with Crippen LogP contribution in [0.4, 0.5) is 11.4 Å². The van der Waals surface area contributed by atoms with Gasteiger partial charge in [0.15, 0.2) is 0 Å². The van der Waals surface area contributed by atoms with E-state index < -0.39 is 0 Å². The summed E-state index contributed by atoms with van der Waals surface area (Å²) >= 11 is 0. The topological polar surface area (TPSA) is 68.1 Å². The number of rotatable bonds is 10. The number of hydrogen-bond donors (Lipinski definition) is 2. The van der Waals surface area contributed by atoms with E-state index in [1.165, 1.54) is 28.1 Å². The first kappa shape index (κ1) is 31.3. The molecule has 2 aliphatic rings. The van der Waals surface area contributed by atoms with Crippen LogP contribution in [0.15, 0.2) is 109 Å². The lowest BCUT2D eigenvalue weighted by atomic mass is 10.1. The third-order valence-electron chi connectivity index (χ3n) is 8.47. The highest BCUT2D eigenvalue weighted by atomic mass is 16.1. The molecule has 3 N–H and O–H groups in total. The van der Waals surface area contributed by atoms with Crippen LogP contribution in [0.3, 0.4) is 0 Å². The second-order valence-electron chi connectivity index (χ2n) is 11.5. The van der Waals surface area contributed by atoms with Crippen LogP contribution >= 0.6 is 0 Å². The molecule has 6 rings (SSSR count). The maximum absolute atomic E-state index is 10.3. The zero-order valence-corrected chi connectivity index (χ0v) is 25.7. The Balaban J connectivity index is 0.000000175. The number of carbonyl (C=O) groups excluding carboxylic acids is 1. The van der Waals surface area contributed by atoms with Crippen LogP contribution in [-0.2, 0) is 31.0 Å². The van der Waals surface area contributed by atoms with Crippen molar-refractivity contribution in [2.75, 3.05) is 62.2 Å². The van der Waals surface area contributed by atoms with E-state index in [1.807, 2.05) is 0 Å². The molecule has 0 bridgehead atoms. The quantitative estimate of drug-likeness (QED) is 0.261. The van der Waals surface area contributed by atoms with Gasteiger partial charge < -0.3 is 20.9 Å². The molecule has 0 atom stereocenters. The van der Waals surface area contributed by atoms with Crippen LogP contribution in [0.2, 0.25) is 0 Å². The number of amides is 1. The molecule has 0 unspecified atom stereocenters. The van der Waals surface area contributed by atoms with E-state index in [-0.39, 0.29) is 0 Å². The first-order valence-corrected chi connectivity index (χ1v) is 15.8. The number of hydrogen-bond acceptors (Lipinski definition) is 6. The van der Waals surface area contributed by atoms with E-state index in [4.69, 9.17) is 5.73 Å². The van der Waals surface area contributed by atoms with Crippen LogP contribution in [0.25, 0.3) is 0 Å². The monoisotopic (exact) mass is 590 g/mol. The van der Waals surface area contributed by atoms with Gasteiger partial charge in [-0.05, 0) is 46.5 Å². The minimum atomic E-state index is 0.597. The predicted molar refractivity (Wildman–Crippen MR) is 182 cm³/mol. The maximum Gasteiger partial charge on any atom is 0.207 e. The third-order valence-corrected chi connectivity index (χ3v) is 8.47. The second kappa shape index (κ2) is 16.6. The summed E-state index contributed by atoms with van der Waals surface area (Å²) in [5.41, 5.74) is 13.3. The molecule has 230 valence electrons. The molecule has 2 fully saturated rings. The van der Waals surface area contributed by atoms with Crippen LogP contribution in [0.1, 0.15) is 22.3 Å². The van der Waals surface area contributed by atoms with E-state index in [2.05, 4.69) is 134 Å². The van der Waals surface area contributed by atoms with Gasteiger partial charge in [-0.3, -0.25) is 14.6 Å². The van der Waals surface area contributed by atoms with Crippen molar-refractivity contribution in [1.29, 1.82) is 0 Å². The molecule has 0 aliphatic carbocycles. The van der Waals surface area contributed by atoms with Crippen LogP contribution in [0, 0.1) is 0 Å². The highest BCUT2D eigenvalue weighted by molar-refractivity contribution is 5.47.